The van der Waals surface area contributed by atoms with Gasteiger partial charge in [-0.05, 0) is 62.7 Å². The maximum absolute atomic E-state index is 11.8. The lowest BCUT2D eigenvalue weighted by atomic mass is 10.1. The molecule has 1 heterocycles. The summed E-state index contributed by atoms with van der Waals surface area (Å²) >= 11 is 3.38. The zero-order valence-electron chi connectivity index (χ0n) is 12.6. The molecular formula is C16H24BrN3O. The molecule has 1 aromatic rings. The molecule has 1 aliphatic rings. The van der Waals surface area contributed by atoms with E-state index in [2.05, 4.69) is 38.4 Å². The van der Waals surface area contributed by atoms with Crippen molar-refractivity contribution < 1.29 is 4.79 Å². The molecule has 1 aromatic carbocycles. The summed E-state index contributed by atoms with van der Waals surface area (Å²) in [4.78, 5) is 14.3. The van der Waals surface area contributed by atoms with Crippen molar-refractivity contribution >= 4 is 27.5 Å². The number of hydrogen-bond acceptors (Lipinski definition) is 3. The Labute approximate surface area is 135 Å². The topological polar surface area (TPSA) is 44.4 Å². The van der Waals surface area contributed by atoms with E-state index in [9.17, 15) is 4.79 Å². The van der Waals surface area contributed by atoms with Gasteiger partial charge in [-0.3, -0.25) is 4.79 Å². The number of hydrogen-bond donors (Lipinski definition) is 2. The molecule has 1 fully saturated rings. The van der Waals surface area contributed by atoms with E-state index >= 15 is 0 Å². The Bertz CT molecular complexity index is 443. The summed E-state index contributed by atoms with van der Waals surface area (Å²) < 4.78 is 1.01. The number of halogens is 1. The van der Waals surface area contributed by atoms with Crippen LogP contribution < -0.4 is 10.6 Å². The van der Waals surface area contributed by atoms with Crippen molar-refractivity contribution in [3.63, 3.8) is 0 Å². The van der Waals surface area contributed by atoms with Gasteiger partial charge >= 0.3 is 0 Å². The Kier molecular flexibility index (Phi) is 6.67. The van der Waals surface area contributed by atoms with E-state index in [0.717, 1.165) is 23.2 Å². The number of likely N-dealkylation sites (tertiary alicyclic amines) is 1. The van der Waals surface area contributed by atoms with E-state index in [-0.39, 0.29) is 5.91 Å². The molecule has 2 N–H and O–H groups in total. The molecule has 1 atom stereocenters. The Balaban J connectivity index is 1.61. The lowest BCUT2D eigenvalue weighted by molar-refractivity contribution is -0.115. The van der Waals surface area contributed by atoms with Crippen molar-refractivity contribution in [1.29, 1.82) is 0 Å². The molecule has 0 aromatic heterocycles. The fraction of sp³-hybridized carbons (Fsp3) is 0.562. The van der Waals surface area contributed by atoms with Crippen LogP contribution in [0.2, 0.25) is 0 Å². The molecule has 2 rings (SSSR count). The zero-order chi connectivity index (χ0) is 15.1. The van der Waals surface area contributed by atoms with Crippen LogP contribution in [0, 0.1) is 5.92 Å². The molecule has 0 saturated carbocycles. The number of amides is 1. The van der Waals surface area contributed by atoms with Gasteiger partial charge in [0.15, 0.2) is 0 Å². The molecule has 4 nitrogen and oxygen atoms in total. The minimum Gasteiger partial charge on any atom is -0.325 e. The number of nitrogens with one attached hydrogen (secondary N) is 2. The Morgan fingerprint density at radius 1 is 1.29 bits per heavy atom. The average Bonchev–Trinajstić information content (AvgIpc) is 2.94. The van der Waals surface area contributed by atoms with Crippen molar-refractivity contribution in [3.8, 4) is 0 Å². The number of rotatable bonds is 7. The molecular weight excluding hydrogens is 330 g/mol. The Morgan fingerprint density at radius 3 is 2.62 bits per heavy atom. The normalized spacial score (nSPS) is 16.9. The van der Waals surface area contributed by atoms with Crippen LogP contribution in [0.25, 0.3) is 0 Å². The molecule has 0 spiro atoms. The maximum atomic E-state index is 11.8. The quantitative estimate of drug-likeness (QED) is 0.791. The first-order valence-electron chi connectivity index (χ1n) is 7.62. The van der Waals surface area contributed by atoms with E-state index in [1.165, 1.54) is 25.9 Å². The van der Waals surface area contributed by atoms with Gasteiger partial charge in [-0.25, -0.2) is 0 Å². The first-order chi connectivity index (χ1) is 10.1. The van der Waals surface area contributed by atoms with Gasteiger partial charge in [0, 0.05) is 16.7 Å². The molecule has 1 amide bonds. The number of carbonyl (C=O) groups excluding carboxylic acids is 1. The second-order valence-electron chi connectivity index (χ2n) is 5.80. The lowest BCUT2D eigenvalue weighted by Crippen LogP contribution is -2.35. The molecule has 1 aliphatic heterocycles. The van der Waals surface area contributed by atoms with Crippen molar-refractivity contribution in [2.24, 2.45) is 5.92 Å². The number of anilines is 1. The van der Waals surface area contributed by atoms with Crippen LogP contribution in [-0.2, 0) is 4.79 Å². The second kappa shape index (κ2) is 8.51. The molecule has 0 aliphatic carbocycles. The van der Waals surface area contributed by atoms with Crippen LogP contribution >= 0.6 is 15.9 Å². The Morgan fingerprint density at radius 2 is 1.95 bits per heavy atom. The summed E-state index contributed by atoms with van der Waals surface area (Å²) in [6, 6.07) is 7.61. The SMILES string of the molecule is CC(CNCC(=O)Nc1ccc(Br)cc1)CN1CCCC1. The summed E-state index contributed by atoms with van der Waals surface area (Å²) in [5.74, 6) is 0.578. The van der Waals surface area contributed by atoms with E-state index in [1.807, 2.05) is 24.3 Å². The van der Waals surface area contributed by atoms with Crippen LogP contribution in [0.4, 0.5) is 5.69 Å². The van der Waals surface area contributed by atoms with Crippen molar-refractivity contribution in [3.05, 3.63) is 28.7 Å². The first kappa shape index (κ1) is 16.5. The monoisotopic (exact) mass is 353 g/mol. The molecule has 116 valence electrons. The summed E-state index contributed by atoms with van der Waals surface area (Å²) in [5, 5.41) is 6.13. The van der Waals surface area contributed by atoms with E-state index in [4.69, 9.17) is 0 Å². The molecule has 21 heavy (non-hydrogen) atoms. The second-order valence-corrected chi connectivity index (χ2v) is 6.71. The highest BCUT2D eigenvalue weighted by Gasteiger charge is 2.14. The highest BCUT2D eigenvalue weighted by molar-refractivity contribution is 9.10. The van der Waals surface area contributed by atoms with Crippen LogP contribution in [0.15, 0.2) is 28.7 Å². The third-order valence-electron chi connectivity index (χ3n) is 3.67. The number of nitrogens with zero attached hydrogens (tertiary/aromatic N) is 1. The summed E-state index contributed by atoms with van der Waals surface area (Å²) in [5.41, 5.74) is 0.829. The van der Waals surface area contributed by atoms with Gasteiger partial charge in [-0.15, -0.1) is 0 Å². The van der Waals surface area contributed by atoms with E-state index in [1.54, 1.807) is 0 Å². The third kappa shape index (κ3) is 6.16. The van der Waals surface area contributed by atoms with Gasteiger partial charge in [0.2, 0.25) is 5.91 Å². The lowest BCUT2D eigenvalue weighted by Gasteiger charge is -2.20. The number of benzene rings is 1. The summed E-state index contributed by atoms with van der Waals surface area (Å²) in [6.07, 6.45) is 2.66. The molecule has 0 radical (unpaired) electrons. The van der Waals surface area contributed by atoms with Crippen LogP contribution in [0.3, 0.4) is 0 Å². The highest BCUT2D eigenvalue weighted by atomic mass is 79.9. The minimum atomic E-state index is 0.00527. The molecule has 1 saturated heterocycles. The fourth-order valence-electron chi connectivity index (χ4n) is 2.64. The van der Waals surface area contributed by atoms with Crippen molar-refractivity contribution in [2.45, 2.75) is 19.8 Å². The predicted octanol–water partition coefficient (Wildman–Crippen LogP) is 2.71. The molecule has 1 unspecified atom stereocenters. The zero-order valence-corrected chi connectivity index (χ0v) is 14.2. The number of carbonyl (C=O) groups is 1. The van der Waals surface area contributed by atoms with Gasteiger partial charge in [-0.1, -0.05) is 22.9 Å². The third-order valence-corrected chi connectivity index (χ3v) is 4.20. The fourth-order valence-corrected chi connectivity index (χ4v) is 2.91. The smallest absolute Gasteiger partial charge is 0.238 e. The van der Waals surface area contributed by atoms with Gasteiger partial charge in [0.05, 0.1) is 6.54 Å². The largest absolute Gasteiger partial charge is 0.325 e. The average molecular weight is 354 g/mol. The van der Waals surface area contributed by atoms with Gasteiger partial charge in [-0.2, -0.15) is 0 Å². The van der Waals surface area contributed by atoms with Gasteiger partial charge in [0.25, 0.3) is 0 Å². The highest BCUT2D eigenvalue weighted by Crippen LogP contribution is 2.13. The summed E-state index contributed by atoms with van der Waals surface area (Å²) in [7, 11) is 0. The summed E-state index contributed by atoms with van der Waals surface area (Å²) in [6.45, 7) is 7.06. The molecule has 5 heteroatoms. The Hall–Kier alpha value is -0.910. The molecule has 0 bridgehead atoms. The van der Waals surface area contributed by atoms with Crippen molar-refractivity contribution in [1.82, 2.24) is 10.2 Å². The van der Waals surface area contributed by atoms with Gasteiger partial charge < -0.3 is 15.5 Å². The van der Waals surface area contributed by atoms with E-state index < -0.39 is 0 Å². The van der Waals surface area contributed by atoms with Crippen LogP contribution in [0.1, 0.15) is 19.8 Å². The van der Waals surface area contributed by atoms with Crippen molar-refractivity contribution in [2.75, 3.05) is 38.0 Å². The standard InChI is InChI=1S/C16H24BrN3O/c1-13(12-20-8-2-3-9-20)10-18-11-16(21)19-15-6-4-14(17)5-7-15/h4-7,13,18H,2-3,8-12H2,1H3,(H,19,21). The first-order valence-corrected chi connectivity index (χ1v) is 8.41. The predicted molar refractivity (Wildman–Crippen MR) is 90.5 cm³/mol. The van der Waals surface area contributed by atoms with Gasteiger partial charge in [0.1, 0.15) is 0 Å². The van der Waals surface area contributed by atoms with Crippen LogP contribution in [-0.4, -0.2) is 43.5 Å². The van der Waals surface area contributed by atoms with Crippen LogP contribution in [0.5, 0.6) is 0 Å². The minimum absolute atomic E-state index is 0.00527. The van der Waals surface area contributed by atoms with E-state index in [0.29, 0.717) is 12.5 Å². The maximum Gasteiger partial charge on any atom is 0.238 e.